The van der Waals surface area contributed by atoms with Gasteiger partial charge in [-0.3, -0.25) is 4.79 Å². The molecule has 26 heavy (non-hydrogen) atoms. The Morgan fingerprint density at radius 2 is 1.92 bits per heavy atom. The fourth-order valence-electron chi connectivity index (χ4n) is 4.77. The van der Waals surface area contributed by atoms with Crippen molar-refractivity contribution < 1.29 is 9.32 Å². The lowest BCUT2D eigenvalue weighted by molar-refractivity contribution is 0.0992. The lowest BCUT2D eigenvalue weighted by Gasteiger charge is -2.34. The van der Waals surface area contributed by atoms with Gasteiger partial charge in [0.05, 0.1) is 5.56 Å². The van der Waals surface area contributed by atoms with Crippen LogP contribution in [-0.2, 0) is 0 Å². The zero-order chi connectivity index (χ0) is 18.1. The molecule has 1 aromatic carbocycles. The fourth-order valence-corrected chi connectivity index (χ4v) is 4.77. The van der Waals surface area contributed by atoms with Gasteiger partial charge >= 0.3 is 0 Å². The average Bonchev–Trinajstić information content (AvgIpc) is 3.32. The van der Waals surface area contributed by atoms with Crippen molar-refractivity contribution in [3.8, 4) is 11.1 Å². The number of primary amides is 1. The maximum atomic E-state index is 11.6. The summed E-state index contributed by atoms with van der Waals surface area (Å²) in [4.78, 5) is 11.6. The highest BCUT2D eigenvalue weighted by Crippen LogP contribution is 2.37. The van der Waals surface area contributed by atoms with E-state index in [0.29, 0.717) is 23.3 Å². The van der Waals surface area contributed by atoms with Crippen LogP contribution in [-0.4, -0.2) is 23.7 Å². The minimum atomic E-state index is -0.557. The molecule has 1 aliphatic carbocycles. The van der Waals surface area contributed by atoms with Gasteiger partial charge in [0.25, 0.3) is 5.91 Å². The second-order valence-corrected chi connectivity index (χ2v) is 7.78. The summed E-state index contributed by atoms with van der Waals surface area (Å²) in [5, 5.41) is 7.55. The van der Waals surface area contributed by atoms with Crippen LogP contribution in [0.3, 0.4) is 0 Å². The van der Waals surface area contributed by atoms with E-state index in [2.05, 4.69) is 34.7 Å². The third kappa shape index (κ3) is 3.28. The SMILES string of the molecule is Cc1onc(C(N)=O)c1-c1ccc(C2CCNC(C3CCCC3)C2)cc1. The first-order valence-corrected chi connectivity index (χ1v) is 9.73. The molecule has 2 aliphatic rings. The number of carbonyl (C=O) groups is 1. The van der Waals surface area contributed by atoms with E-state index in [0.717, 1.165) is 18.0 Å². The van der Waals surface area contributed by atoms with Gasteiger partial charge in [-0.2, -0.15) is 0 Å². The first-order valence-electron chi connectivity index (χ1n) is 9.73. The molecule has 0 bridgehead atoms. The van der Waals surface area contributed by atoms with Crippen molar-refractivity contribution in [3.63, 3.8) is 0 Å². The third-order valence-corrected chi connectivity index (χ3v) is 6.17. The van der Waals surface area contributed by atoms with E-state index in [-0.39, 0.29) is 5.69 Å². The number of aryl methyl sites for hydroxylation is 1. The molecule has 0 spiro atoms. The number of rotatable bonds is 4. The molecule has 2 unspecified atom stereocenters. The Hall–Kier alpha value is -2.14. The van der Waals surface area contributed by atoms with Crippen LogP contribution < -0.4 is 11.1 Å². The van der Waals surface area contributed by atoms with E-state index in [9.17, 15) is 4.79 Å². The van der Waals surface area contributed by atoms with Gasteiger partial charge in [-0.25, -0.2) is 0 Å². The summed E-state index contributed by atoms with van der Waals surface area (Å²) >= 11 is 0. The van der Waals surface area contributed by atoms with Gasteiger partial charge in [-0.1, -0.05) is 42.3 Å². The van der Waals surface area contributed by atoms with E-state index in [1.165, 1.54) is 44.1 Å². The molecule has 2 aromatic rings. The van der Waals surface area contributed by atoms with Gasteiger partial charge in [-0.15, -0.1) is 0 Å². The van der Waals surface area contributed by atoms with Crippen molar-refractivity contribution in [2.45, 2.75) is 57.4 Å². The summed E-state index contributed by atoms with van der Waals surface area (Å²) in [5.41, 5.74) is 8.65. The minimum absolute atomic E-state index is 0.207. The van der Waals surface area contributed by atoms with Crippen LogP contribution in [0.5, 0.6) is 0 Å². The Kier molecular flexibility index (Phi) is 4.81. The molecule has 1 aliphatic heterocycles. The van der Waals surface area contributed by atoms with Crippen molar-refractivity contribution in [1.82, 2.24) is 10.5 Å². The number of hydrogen-bond donors (Lipinski definition) is 2. The van der Waals surface area contributed by atoms with Gasteiger partial charge in [0.1, 0.15) is 5.76 Å². The van der Waals surface area contributed by atoms with Gasteiger partial charge in [0.15, 0.2) is 5.69 Å². The first-order chi connectivity index (χ1) is 12.6. The van der Waals surface area contributed by atoms with Crippen LogP contribution in [0, 0.1) is 12.8 Å². The number of piperidine rings is 1. The summed E-state index contributed by atoms with van der Waals surface area (Å²) in [6.07, 6.45) is 7.95. The average molecular weight is 353 g/mol. The molecule has 2 atom stereocenters. The van der Waals surface area contributed by atoms with E-state index in [1.54, 1.807) is 0 Å². The van der Waals surface area contributed by atoms with Gasteiger partial charge in [0, 0.05) is 6.04 Å². The zero-order valence-electron chi connectivity index (χ0n) is 15.3. The highest BCUT2D eigenvalue weighted by molar-refractivity contribution is 5.98. The number of amides is 1. The van der Waals surface area contributed by atoms with Crippen molar-refractivity contribution >= 4 is 5.91 Å². The Morgan fingerprint density at radius 1 is 1.19 bits per heavy atom. The van der Waals surface area contributed by atoms with E-state index < -0.39 is 5.91 Å². The summed E-state index contributed by atoms with van der Waals surface area (Å²) in [7, 11) is 0. The predicted octanol–water partition coefficient (Wildman–Crippen LogP) is 3.77. The number of nitrogens with two attached hydrogens (primary N) is 1. The second-order valence-electron chi connectivity index (χ2n) is 7.78. The van der Waals surface area contributed by atoms with Crippen molar-refractivity contribution in [3.05, 3.63) is 41.3 Å². The summed E-state index contributed by atoms with van der Waals surface area (Å²) in [6, 6.07) is 9.17. The first kappa shape index (κ1) is 17.3. The topological polar surface area (TPSA) is 81.2 Å². The lowest BCUT2D eigenvalue weighted by atomic mass is 9.81. The number of carbonyl (C=O) groups excluding carboxylic acids is 1. The molecule has 3 N–H and O–H groups in total. The van der Waals surface area contributed by atoms with Gasteiger partial charge < -0.3 is 15.6 Å². The molecule has 5 heteroatoms. The molecule has 5 nitrogen and oxygen atoms in total. The monoisotopic (exact) mass is 353 g/mol. The standard InChI is InChI=1S/C21H27N3O2/c1-13-19(20(21(22)25)24-26-13)16-8-6-14(7-9-16)17-10-11-23-18(12-17)15-4-2-3-5-15/h6-9,15,17-18,23H,2-5,10-12H2,1H3,(H2,22,25). The third-order valence-electron chi connectivity index (χ3n) is 6.17. The highest BCUT2D eigenvalue weighted by atomic mass is 16.5. The Balaban J connectivity index is 1.53. The van der Waals surface area contributed by atoms with Crippen LogP contribution in [0.15, 0.2) is 28.8 Å². The van der Waals surface area contributed by atoms with Crippen LogP contribution >= 0.6 is 0 Å². The van der Waals surface area contributed by atoms with E-state index >= 15 is 0 Å². The number of aromatic nitrogens is 1. The molecule has 138 valence electrons. The molecule has 1 saturated carbocycles. The predicted molar refractivity (Wildman–Crippen MR) is 101 cm³/mol. The quantitative estimate of drug-likeness (QED) is 0.876. The summed E-state index contributed by atoms with van der Waals surface area (Å²) < 4.78 is 5.17. The van der Waals surface area contributed by atoms with Crippen LogP contribution in [0.1, 0.15) is 66.3 Å². The smallest absolute Gasteiger partial charge is 0.271 e. The van der Waals surface area contributed by atoms with Crippen molar-refractivity contribution in [1.29, 1.82) is 0 Å². The Bertz CT molecular complexity index is 775. The normalized spacial score (nSPS) is 24.0. The molecule has 1 aromatic heterocycles. The summed E-state index contributed by atoms with van der Waals surface area (Å²) in [5.74, 6) is 1.53. The molecule has 2 fully saturated rings. The molecule has 1 saturated heterocycles. The van der Waals surface area contributed by atoms with E-state index in [4.69, 9.17) is 10.3 Å². The highest BCUT2D eigenvalue weighted by Gasteiger charge is 2.30. The second kappa shape index (κ2) is 7.23. The molecule has 0 radical (unpaired) electrons. The fraction of sp³-hybridized carbons (Fsp3) is 0.524. The Morgan fingerprint density at radius 3 is 2.62 bits per heavy atom. The molecular weight excluding hydrogens is 326 g/mol. The van der Waals surface area contributed by atoms with Crippen molar-refractivity contribution in [2.75, 3.05) is 6.54 Å². The van der Waals surface area contributed by atoms with Crippen molar-refractivity contribution in [2.24, 2.45) is 11.7 Å². The minimum Gasteiger partial charge on any atom is -0.364 e. The summed E-state index contributed by atoms with van der Waals surface area (Å²) in [6.45, 7) is 2.91. The lowest BCUT2D eigenvalue weighted by Crippen LogP contribution is -2.41. The van der Waals surface area contributed by atoms with E-state index in [1.807, 2.05) is 6.92 Å². The molecular formula is C21H27N3O2. The molecule has 2 heterocycles. The van der Waals surface area contributed by atoms with Gasteiger partial charge in [0.2, 0.25) is 0 Å². The number of nitrogens with zero attached hydrogens (tertiary/aromatic N) is 1. The molecule has 4 rings (SSSR count). The Labute approximate surface area is 154 Å². The van der Waals surface area contributed by atoms with Gasteiger partial charge in [-0.05, 0) is 62.1 Å². The largest absolute Gasteiger partial charge is 0.364 e. The van der Waals surface area contributed by atoms with Crippen LogP contribution in [0.25, 0.3) is 11.1 Å². The number of hydrogen-bond acceptors (Lipinski definition) is 4. The zero-order valence-corrected chi connectivity index (χ0v) is 15.3. The van der Waals surface area contributed by atoms with Crippen LogP contribution in [0.2, 0.25) is 0 Å². The maximum Gasteiger partial charge on any atom is 0.271 e. The number of nitrogens with one attached hydrogen (secondary N) is 1. The molecule has 1 amide bonds. The number of benzene rings is 1. The van der Waals surface area contributed by atoms with Crippen LogP contribution in [0.4, 0.5) is 0 Å². The maximum absolute atomic E-state index is 11.6.